The Morgan fingerprint density at radius 3 is 2.02 bits per heavy atom. The topological polar surface area (TPSA) is 184 Å². The molecule has 0 unspecified atom stereocenters. The average molecular weight is 655 g/mol. The molecule has 0 saturated carbocycles. The van der Waals surface area contributed by atoms with Crippen molar-refractivity contribution in [3.8, 4) is 22.5 Å². The van der Waals surface area contributed by atoms with E-state index in [1.165, 1.54) is 18.2 Å². The van der Waals surface area contributed by atoms with Gasteiger partial charge in [-0.15, -0.1) is 0 Å². The van der Waals surface area contributed by atoms with E-state index in [1.54, 1.807) is 5.32 Å². The Morgan fingerprint density at radius 2 is 1.47 bits per heavy atom. The van der Waals surface area contributed by atoms with Crippen molar-refractivity contribution in [2.24, 2.45) is 4.99 Å². The van der Waals surface area contributed by atoms with Gasteiger partial charge in [0.05, 0.1) is 16.6 Å². The predicted molar refractivity (Wildman–Crippen MR) is 136 cm³/mol. The fraction of sp³-hybridized carbons (Fsp3) is 0.167. The molecule has 1 aliphatic carbocycles. The number of anilines is 1. The summed E-state index contributed by atoms with van der Waals surface area (Å²) in [6, 6.07) is 8.38. The van der Waals surface area contributed by atoms with Crippen molar-refractivity contribution in [3.05, 3.63) is 59.5 Å². The molecule has 0 bridgehead atoms. The number of alkyl halides is 6. The van der Waals surface area contributed by atoms with Crippen LogP contribution in [0.4, 0.5) is 32.0 Å². The van der Waals surface area contributed by atoms with Crippen LogP contribution in [0.15, 0.2) is 67.7 Å². The Labute approximate surface area is 236 Å². The SMILES string of the molecule is O=C(O)c1ccccc1-c1c2ccc(=NCC(F)(F)F)c(S(=O)(=O)O)c-2oc2c(S(=O)(=O)O)c(NCC(F)(F)F)ccc12. The summed E-state index contributed by atoms with van der Waals surface area (Å²) in [6.45, 7) is -3.76. The molecule has 2 aliphatic rings. The van der Waals surface area contributed by atoms with Gasteiger partial charge in [-0.2, -0.15) is 43.2 Å². The van der Waals surface area contributed by atoms with Gasteiger partial charge in [0.25, 0.3) is 20.2 Å². The third kappa shape index (κ3) is 6.74. The number of fused-ring (bicyclic) bond motifs is 2. The van der Waals surface area contributed by atoms with Crippen LogP contribution in [0.2, 0.25) is 0 Å². The van der Waals surface area contributed by atoms with Gasteiger partial charge in [-0.25, -0.2) is 4.79 Å². The number of hydrogen-bond acceptors (Lipinski definition) is 8. The molecule has 1 aliphatic heterocycles. The molecule has 0 atom stereocenters. The van der Waals surface area contributed by atoms with Crippen LogP contribution in [-0.2, 0) is 20.2 Å². The van der Waals surface area contributed by atoms with E-state index in [1.807, 2.05) is 0 Å². The zero-order valence-electron chi connectivity index (χ0n) is 20.9. The molecule has 4 N–H and O–H groups in total. The second-order valence-electron chi connectivity index (χ2n) is 8.79. The summed E-state index contributed by atoms with van der Waals surface area (Å²) in [5.74, 6) is -2.59. The van der Waals surface area contributed by atoms with E-state index in [-0.39, 0.29) is 16.5 Å². The van der Waals surface area contributed by atoms with Gasteiger partial charge in [0.15, 0.2) is 21.1 Å². The molecule has 0 fully saturated rings. The first-order chi connectivity index (χ1) is 19.7. The number of nitrogens with zero attached hydrogens (tertiary/aromatic N) is 1. The van der Waals surface area contributed by atoms with E-state index in [0.29, 0.717) is 0 Å². The van der Waals surface area contributed by atoms with Crippen LogP contribution >= 0.6 is 0 Å². The summed E-state index contributed by atoms with van der Waals surface area (Å²) in [4.78, 5) is 12.4. The first-order valence-corrected chi connectivity index (χ1v) is 14.3. The molecule has 0 aromatic heterocycles. The summed E-state index contributed by atoms with van der Waals surface area (Å²) in [6.07, 6.45) is -9.85. The van der Waals surface area contributed by atoms with Crippen molar-refractivity contribution in [2.45, 2.75) is 22.1 Å². The second-order valence-corrected chi connectivity index (χ2v) is 11.5. The van der Waals surface area contributed by atoms with E-state index in [2.05, 4.69) is 4.99 Å². The van der Waals surface area contributed by atoms with E-state index < -0.39 is 95.0 Å². The molecule has 4 rings (SSSR count). The fourth-order valence-corrected chi connectivity index (χ4v) is 5.86. The minimum absolute atomic E-state index is 0.237. The van der Waals surface area contributed by atoms with Crippen LogP contribution < -0.4 is 10.7 Å². The van der Waals surface area contributed by atoms with E-state index in [4.69, 9.17) is 4.42 Å². The average Bonchev–Trinajstić information content (AvgIpc) is 2.86. The van der Waals surface area contributed by atoms with Crippen LogP contribution in [0.5, 0.6) is 0 Å². The molecule has 0 spiro atoms. The predicted octanol–water partition coefficient (Wildman–Crippen LogP) is 4.83. The van der Waals surface area contributed by atoms with Crippen LogP contribution in [-0.4, -0.2) is 62.5 Å². The maximum atomic E-state index is 12.9. The molecule has 2 aromatic rings. The molecule has 0 radical (unpaired) electrons. The van der Waals surface area contributed by atoms with Gasteiger partial charge in [0.1, 0.15) is 13.1 Å². The van der Waals surface area contributed by atoms with Crippen molar-refractivity contribution in [3.63, 3.8) is 0 Å². The number of hydrogen-bond donors (Lipinski definition) is 4. The summed E-state index contributed by atoms with van der Waals surface area (Å²) in [5.41, 5.74) is -3.33. The summed E-state index contributed by atoms with van der Waals surface area (Å²) in [7, 11) is -11.1. The van der Waals surface area contributed by atoms with Gasteiger partial charge < -0.3 is 14.8 Å². The Balaban J connectivity index is 2.32. The van der Waals surface area contributed by atoms with Gasteiger partial charge >= 0.3 is 18.3 Å². The van der Waals surface area contributed by atoms with Gasteiger partial charge in [0, 0.05) is 16.5 Å². The molecule has 1 heterocycles. The number of carboxylic acid groups (broad SMARTS) is 1. The molecule has 2 aromatic carbocycles. The van der Waals surface area contributed by atoms with E-state index >= 15 is 0 Å². The van der Waals surface area contributed by atoms with Crippen molar-refractivity contribution >= 4 is 42.9 Å². The van der Waals surface area contributed by atoms with Crippen LogP contribution in [0.3, 0.4) is 0 Å². The number of aromatic carboxylic acids is 1. The molecule has 19 heteroatoms. The number of nitrogens with one attached hydrogen (secondary N) is 1. The van der Waals surface area contributed by atoms with Crippen molar-refractivity contribution < 1.29 is 66.6 Å². The van der Waals surface area contributed by atoms with Crippen molar-refractivity contribution in [1.82, 2.24) is 0 Å². The highest BCUT2D eigenvalue weighted by molar-refractivity contribution is 7.86. The lowest BCUT2D eigenvalue weighted by molar-refractivity contribution is -0.119. The Kier molecular flexibility index (Phi) is 7.98. The highest BCUT2D eigenvalue weighted by atomic mass is 32.2. The molecule has 230 valence electrons. The Bertz CT molecular complexity index is 2020. The quantitative estimate of drug-likeness (QED) is 0.122. The maximum Gasteiger partial charge on any atom is 0.407 e. The molecule has 0 amide bonds. The molecule has 0 saturated heterocycles. The number of carbonyl (C=O) groups is 1. The van der Waals surface area contributed by atoms with Crippen molar-refractivity contribution in [1.29, 1.82) is 0 Å². The van der Waals surface area contributed by atoms with Gasteiger partial charge in [-0.05, 0) is 35.9 Å². The summed E-state index contributed by atoms with van der Waals surface area (Å²) >= 11 is 0. The number of halogens is 6. The largest absolute Gasteiger partial charge is 0.478 e. The van der Waals surface area contributed by atoms with Crippen LogP contribution in [0, 0.1) is 0 Å². The van der Waals surface area contributed by atoms with Crippen LogP contribution in [0.1, 0.15) is 10.4 Å². The van der Waals surface area contributed by atoms with Gasteiger partial charge in [-0.1, -0.05) is 18.2 Å². The lowest BCUT2D eigenvalue weighted by atomic mass is 9.90. The van der Waals surface area contributed by atoms with Gasteiger partial charge in [0.2, 0.25) is 0 Å². The summed E-state index contributed by atoms with van der Waals surface area (Å²) in [5, 5.41) is 10.2. The first kappa shape index (κ1) is 31.7. The number of benzene rings is 3. The highest BCUT2D eigenvalue weighted by Gasteiger charge is 2.34. The standard InChI is InChI=1S/C24H16F6N2O9S2/c25-23(26,27)9-31-15-7-5-13-17(11-3-1-2-4-12(11)22(33)34)14-6-8-16(32-10-24(28,29)30)21(43(38,39)40)19(14)41-18(13)20(15)42(35,36)37/h1-8,31H,9-10H2,(H,33,34)(H,35,36,37)(H,38,39,40). The minimum atomic E-state index is -5.56. The summed E-state index contributed by atoms with van der Waals surface area (Å²) < 4.78 is 153. The Morgan fingerprint density at radius 1 is 0.837 bits per heavy atom. The normalized spacial score (nSPS) is 13.5. The lowest BCUT2D eigenvalue weighted by Gasteiger charge is -2.21. The number of rotatable bonds is 7. The molecule has 11 nitrogen and oxygen atoms in total. The fourth-order valence-electron chi connectivity index (χ4n) is 4.28. The molecular weight excluding hydrogens is 638 g/mol. The Hall–Kier alpha value is -4.20. The van der Waals surface area contributed by atoms with Crippen LogP contribution in [0.25, 0.3) is 33.4 Å². The van der Waals surface area contributed by atoms with Crippen molar-refractivity contribution in [2.75, 3.05) is 18.4 Å². The third-order valence-electron chi connectivity index (χ3n) is 5.80. The zero-order chi connectivity index (χ0) is 32.1. The first-order valence-electron chi connectivity index (χ1n) is 11.4. The minimum Gasteiger partial charge on any atom is -0.478 e. The second kappa shape index (κ2) is 10.8. The third-order valence-corrected chi connectivity index (χ3v) is 7.63. The number of carboxylic acids is 1. The molecule has 43 heavy (non-hydrogen) atoms. The molecular formula is C24H16F6N2O9S2. The van der Waals surface area contributed by atoms with Gasteiger partial charge in [-0.3, -0.25) is 14.1 Å². The monoisotopic (exact) mass is 654 g/mol. The lowest BCUT2D eigenvalue weighted by Crippen LogP contribution is -2.22. The maximum absolute atomic E-state index is 12.9. The zero-order valence-corrected chi connectivity index (χ0v) is 22.5. The van der Waals surface area contributed by atoms with E-state index in [0.717, 1.165) is 30.3 Å². The smallest absolute Gasteiger partial charge is 0.407 e. The van der Waals surface area contributed by atoms with E-state index in [9.17, 15) is 62.2 Å². The highest BCUT2D eigenvalue weighted by Crippen LogP contribution is 2.46.